The van der Waals surface area contributed by atoms with E-state index < -0.39 is 10.0 Å². The van der Waals surface area contributed by atoms with Crippen molar-refractivity contribution in [3.8, 4) is 0 Å². The smallest absolute Gasteiger partial charge is 0.241 e. The second kappa shape index (κ2) is 5.77. The van der Waals surface area contributed by atoms with E-state index in [-0.39, 0.29) is 6.04 Å². The van der Waals surface area contributed by atoms with Crippen LogP contribution < -0.4 is 10.0 Å². The van der Waals surface area contributed by atoms with Crippen molar-refractivity contribution >= 4 is 21.4 Å². The third-order valence-corrected chi connectivity index (χ3v) is 5.02. The Bertz CT molecular complexity index is 426. The van der Waals surface area contributed by atoms with Gasteiger partial charge in [0.15, 0.2) is 0 Å². The zero-order chi connectivity index (χ0) is 12.2. The Labute approximate surface area is 101 Å². The number of hydrogen-bond donors (Lipinski definition) is 2. The summed E-state index contributed by atoms with van der Waals surface area (Å²) in [6.45, 7) is 4.39. The molecular weight excluding hydrogens is 244 g/mol. The zero-order valence-corrected chi connectivity index (χ0v) is 11.4. The molecule has 0 radical (unpaired) electrons. The molecule has 2 N–H and O–H groups in total. The fraction of sp³-hybridized carbons (Fsp3) is 0.600. The number of sulfonamides is 1. The molecule has 0 aliphatic carbocycles. The minimum atomic E-state index is -3.36. The van der Waals surface area contributed by atoms with Crippen LogP contribution in [0.15, 0.2) is 16.3 Å². The van der Waals surface area contributed by atoms with Crippen LogP contribution in [0.4, 0.5) is 0 Å². The van der Waals surface area contributed by atoms with E-state index in [1.54, 1.807) is 18.5 Å². The lowest BCUT2D eigenvalue weighted by atomic mass is 10.3. The highest BCUT2D eigenvalue weighted by Gasteiger charge is 2.20. The molecule has 0 amide bonds. The second-order valence-electron chi connectivity index (χ2n) is 3.67. The molecule has 1 aromatic rings. The van der Waals surface area contributed by atoms with Crippen LogP contribution in [-0.2, 0) is 16.6 Å². The van der Waals surface area contributed by atoms with E-state index in [1.807, 2.05) is 13.8 Å². The number of hydrogen-bond acceptors (Lipinski definition) is 4. The molecule has 1 rings (SSSR count). The molecule has 92 valence electrons. The average Bonchev–Trinajstić information content (AvgIpc) is 2.66. The van der Waals surface area contributed by atoms with Crippen molar-refractivity contribution in [3.63, 3.8) is 0 Å². The summed E-state index contributed by atoms with van der Waals surface area (Å²) < 4.78 is 26.7. The highest BCUT2D eigenvalue weighted by molar-refractivity contribution is 7.89. The Kier molecular flexibility index (Phi) is 4.91. The number of rotatable bonds is 6. The highest BCUT2D eigenvalue weighted by atomic mass is 32.2. The van der Waals surface area contributed by atoms with Gasteiger partial charge in [-0.15, -0.1) is 11.3 Å². The van der Waals surface area contributed by atoms with Gasteiger partial charge in [0.1, 0.15) is 0 Å². The van der Waals surface area contributed by atoms with Crippen molar-refractivity contribution in [2.75, 3.05) is 7.05 Å². The van der Waals surface area contributed by atoms with E-state index in [2.05, 4.69) is 10.0 Å². The maximum Gasteiger partial charge on any atom is 0.241 e. The van der Waals surface area contributed by atoms with E-state index in [0.29, 0.717) is 11.4 Å². The van der Waals surface area contributed by atoms with Gasteiger partial charge in [0.05, 0.1) is 4.90 Å². The Morgan fingerprint density at radius 3 is 2.75 bits per heavy atom. The predicted octanol–water partition coefficient (Wildman–Crippen LogP) is 1.54. The molecule has 16 heavy (non-hydrogen) atoms. The fourth-order valence-corrected chi connectivity index (χ4v) is 4.05. The van der Waals surface area contributed by atoms with Crippen molar-refractivity contribution < 1.29 is 8.42 Å². The Morgan fingerprint density at radius 2 is 2.19 bits per heavy atom. The van der Waals surface area contributed by atoms with Gasteiger partial charge in [-0.2, -0.15) is 0 Å². The van der Waals surface area contributed by atoms with E-state index in [9.17, 15) is 8.42 Å². The summed E-state index contributed by atoms with van der Waals surface area (Å²) in [4.78, 5) is 1.24. The molecule has 4 nitrogen and oxygen atoms in total. The molecule has 1 unspecified atom stereocenters. The first-order valence-electron chi connectivity index (χ1n) is 5.24. The van der Waals surface area contributed by atoms with Crippen molar-refractivity contribution in [2.24, 2.45) is 0 Å². The summed E-state index contributed by atoms with van der Waals surface area (Å²) >= 11 is 1.45. The average molecular weight is 262 g/mol. The van der Waals surface area contributed by atoms with Crippen LogP contribution in [0.5, 0.6) is 0 Å². The lowest BCUT2D eigenvalue weighted by Crippen LogP contribution is -2.32. The summed E-state index contributed by atoms with van der Waals surface area (Å²) in [5.41, 5.74) is 0. The molecule has 1 atom stereocenters. The Balaban J connectivity index is 2.93. The molecule has 0 bridgehead atoms. The van der Waals surface area contributed by atoms with Crippen LogP contribution in [-0.4, -0.2) is 21.5 Å². The van der Waals surface area contributed by atoms with Gasteiger partial charge in [0.2, 0.25) is 10.0 Å². The molecule has 0 aliphatic heterocycles. The van der Waals surface area contributed by atoms with Crippen LogP contribution in [0.25, 0.3) is 0 Å². The van der Waals surface area contributed by atoms with Crippen molar-refractivity contribution in [1.29, 1.82) is 0 Å². The lowest BCUT2D eigenvalue weighted by Gasteiger charge is -2.12. The van der Waals surface area contributed by atoms with Gasteiger partial charge in [-0.3, -0.25) is 0 Å². The maximum absolute atomic E-state index is 12.0. The standard InChI is InChI=1S/C10H18N2O2S2/c1-4-8(2)12-16(13,14)10-5-6-15-9(10)7-11-3/h5-6,8,11-12H,4,7H2,1-3H3. The first-order chi connectivity index (χ1) is 7.51. The van der Waals surface area contributed by atoms with Crippen molar-refractivity contribution in [3.05, 3.63) is 16.3 Å². The van der Waals surface area contributed by atoms with Gasteiger partial charge in [-0.05, 0) is 31.8 Å². The van der Waals surface area contributed by atoms with Gasteiger partial charge < -0.3 is 5.32 Å². The van der Waals surface area contributed by atoms with Gasteiger partial charge >= 0.3 is 0 Å². The van der Waals surface area contributed by atoms with E-state index in [4.69, 9.17) is 0 Å². The molecule has 0 saturated carbocycles. The van der Waals surface area contributed by atoms with Crippen molar-refractivity contribution in [1.82, 2.24) is 10.0 Å². The Morgan fingerprint density at radius 1 is 1.50 bits per heavy atom. The molecule has 6 heteroatoms. The van der Waals surface area contributed by atoms with Gasteiger partial charge in [-0.25, -0.2) is 13.1 Å². The van der Waals surface area contributed by atoms with Gasteiger partial charge in [0.25, 0.3) is 0 Å². The minimum Gasteiger partial charge on any atom is -0.315 e. The Hall–Kier alpha value is -0.430. The SMILES string of the molecule is CCC(C)NS(=O)(=O)c1ccsc1CNC. The highest BCUT2D eigenvalue weighted by Crippen LogP contribution is 2.21. The molecule has 1 aromatic heterocycles. The quantitative estimate of drug-likeness (QED) is 0.817. The maximum atomic E-state index is 12.0. The first kappa shape index (κ1) is 13.6. The summed E-state index contributed by atoms with van der Waals surface area (Å²) in [6, 6.07) is 1.62. The minimum absolute atomic E-state index is 0.0349. The third kappa shape index (κ3) is 3.28. The summed E-state index contributed by atoms with van der Waals surface area (Å²) in [7, 11) is -1.56. The zero-order valence-electron chi connectivity index (χ0n) is 9.78. The van der Waals surface area contributed by atoms with E-state index in [1.165, 1.54) is 11.3 Å². The predicted molar refractivity (Wildman–Crippen MR) is 67.2 cm³/mol. The topological polar surface area (TPSA) is 58.2 Å². The van der Waals surface area contributed by atoms with Gasteiger partial charge in [-0.1, -0.05) is 6.92 Å². The number of thiophene rings is 1. The number of nitrogens with one attached hydrogen (secondary N) is 2. The van der Waals surface area contributed by atoms with Crippen LogP contribution in [0, 0.1) is 0 Å². The van der Waals surface area contributed by atoms with Crippen LogP contribution in [0.3, 0.4) is 0 Å². The lowest BCUT2D eigenvalue weighted by molar-refractivity contribution is 0.555. The van der Waals surface area contributed by atoms with Crippen LogP contribution >= 0.6 is 11.3 Å². The summed E-state index contributed by atoms with van der Waals surface area (Å²) in [6.07, 6.45) is 0.782. The first-order valence-corrected chi connectivity index (χ1v) is 7.60. The van der Waals surface area contributed by atoms with Crippen LogP contribution in [0.1, 0.15) is 25.1 Å². The van der Waals surface area contributed by atoms with E-state index >= 15 is 0 Å². The van der Waals surface area contributed by atoms with Gasteiger partial charge in [0, 0.05) is 17.5 Å². The monoisotopic (exact) mass is 262 g/mol. The van der Waals surface area contributed by atoms with Crippen molar-refractivity contribution in [2.45, 2.75) is 37.8 Å². The molecule has 1 heterocycles. The fourth-order valence-electron chi connectivity index (χ4n) is 1.27. The summed E-state index contributed by atoms with van der Waals surface area (Å²) in [5, 5.41) is 4.77. The third-order valence-electron chi connectivity index (χ3n) is 2.30. The molecule has 0 aliphatic rings. The molecule has 0 fully saturated rings. The molecule has 0 saturated heterocycles. The molecule has 0 spiro atoms. The molecular formula is C10H18N2O2S2. The molecule has 0 aromatic carbocycles. The largest absolute Gasteiger partial charge is 0.315 e. The summed E-state index contributed by atoms with van der Waals surface area (Å²) in [5.74, 6) is 0. The van der Waals surface area contributed by atoms with Crippen LogP contribution in [0.2, 0.25) is 0 Å². The second-order valence-corrected chi connectivity index (χ2v) is 6.35. The normalized spacial score (nSPS) is 13.9. The van der Waals surface area contributed by atoms with E-state index in [0.717, 1.165) is 11.3 Å².